The summed E-state index contributed by atoms with van der Waals surface area (Å²) in [5, 5.41) is 7.95. The molecule has 1 aromatic carbocycles. The van der Waals surface area contributed by atoms with Gasteiger partial charge in [0.2, 0.25) is 5.91 Å². The van der Waals surface area contributed by atoms with Crippen molar-refractivity contribution in [1.82, 2.24) is 24.6 Å². The molecular formula is C18H19ClFN5O2. The van der Waals surface area contributed by atoms with Crippen LogP contribution in [-0.4, -0.2) is 31.8 Å². The van der Waals surface area contributed by atoms with Crippen molar-refractivity contribution in [1.29, 1.82) is 0 Å². The Morgan fingerprint density at radius 1 is 1.37 bits per heavy atom. The maximum atomic E-state index is 13.5. The number of hydrogen-bond acceptors (Lipinski definition) is 3. The first-order valence-electron chi connectivity index (χ1n) is 8.91. The second-order valence-electron chi connectivity index (χ2n) is 6.69. The molecule has 0 fully saturated rings. The first-order valence-corrected chi connectivity index (χ1v) is 9.29. The Balaban J connectivity index is 1.37. The molecule has 3 heterocycles. The molecule has 9 heteroatoms. The minimum absolute atomic E-state index is 0.0653. The predicted molar refractivity (Wildman–Crippen MR) is 99.4 cm³/mol. The Labute approximate surface area is 159 Å². The maximum absolute atomic E-state index is 13.5. The third-order valence-corrected chi connectivity index (χ3v) is 5.14. The zero-order chi connectivity index (χ0) is 19.0. The number of amides is 1. The minimum Gasteiger partial charge on any atom is -0.361 e. The van der Waals surface area contributed by atoms with Crippen LogP contribution in [0.4, 0.5) is 4.39 Å². The standard InChI is InChI=1S/C18H19ClFN5O2/c19-13-7-12-11(9-22-15(12)8-14(13)20)4-5-21-17(26)10-25-18(27)24-6-2-1-3-16(24)23-25/h7-9,22H,1-6,10H2,(H,21,26). The molecule has 3 aromatic rings. The van der Waals surface area contributed by atoms with Crippen molar-refractivity contribution < 1.29 is 9.18 Å². The van der Waals surface area contributed by atoms with E-state index in [1.807, 2.05) is 0 Å². The molecule has 2 N–H and O–H groups in total. The lowest BCUT2D eigenvalue weighted by atomic mass is 10.1. The number of carbonyl (C=O) groups excluding carboxylic acids is 1. The lowest BCUT2D eigenvalue weighted by Crippen LogP contribution is -2.34. The Morgan fingerprint density at radius 3 is 3.04 bits per heavy atom. The van der Waals surface area contributed by atoms with E-state index in [9.17, 15) is 14.0 Å². The number of hydrogen-bond donors (Lipinski definition) is 2. The van der Waals surface area contributed by atoms with Gasteiger partial charge in [-0.2, -0.15) is 5.10 Å². The van der Waals surface area contributed by atoms with E-state index in [2.05, 4.69) is 15.4 Å². The molecule has 2 aromatic heterocycles. The molecule has 0 unspecified atom stereocenters. The van der Waals surface area contributed by atoms with Crippen LogP contribution >= 0.6 is 11.6 Å². The first kappa shape index (κ1) is 17.8. The summed E-state index contributed by atoms with van der Waals surface area (Å²) in [4.78, 5) is 27.4. The average Bonchev–Trinajstić information content (AvgIpc) is 3.17. The molecule has 4 rings (SSSR count). The number of aryl methyl sites for hydroxylation is 1. The van der Waals surface area contributed by atoms with Gasteiger partial charge in [0.25, 0.3) is 0 Å². The van der Waals surface area contributed by atoms with Gasteiger partial charge in [-0.1, -0.05) is 11.6 Å². The van der Waals surface area contributed by atoms with Crippen molar-refractivity contribution in [2.24, 2.45) is 0 Å². The normalized spacial score (nSPS) is 13.7. The van der Waals surface area contributed by atoms with E-state index in [4.69, 9.17) is 11.6 Å². The van der Waals surface area contributed by atoms with Crippen molar-refractivity contribution >= 4 is 28.4 Å². The highest BCUT2D eigenvalue weighted by Crippen LogP contribution is 2.25. The molecule has 27 heavy (non-hydrogen) atoms. The number of H-pyrrole nitrogens is 1. The summed E-state index contributed by atoms with van der Waals surface area (Å²) in [5.41, 5.74) is 1.36. The minimum atomic E-state index is -0.473. The van der Waals surface area contributed by atoms with Crippen molar-refractivity contribution in [3.8, 4) is 0 Å². The summed E-state index contributed by atoms with van der Waals surface area (Å²) >= 11 is 5.85. The number of nitrogens with one attached hydrogen (secondary N) is 2. The highest BCUT2D eigenvalue weighted by Gasteiger charge is 2.18. The number of carbonyl (C=O) groups is 1. The van der Waals surface area contributed by atoms with Gasteiger partial charge < -0.3 is 10.3 Å². The molecule has 1 amide bonds. The molecular weight excluding hydrogens is 373 g/mol. The monoisotopic (exact) mass is 391 g/mol. The van der Waals surface area contributed by atoms with E-state index in [-0.39, 0.29) is 23.2 Å². The smallest absolute Gasteiger partial charge is 0.346 e. The molecule has 0 saturated heterocycles. The number of nitrogens with zero attached hydrogens (tertiary/aromatic N) is 3. The van der Waals surface area contributed by atoms with Crippen molar-refractivity contribution in [3.63, 3.8) is 0 Å². The zero-order valence-electron chi connectivity index (χ0n) is 14.6. The molecule has 0 saturated carbocycles. The Morgan fingerprint density at radius 2 is 2.22 bits per heavy atom. The number of aromatic amines is 1. The van der Waals surface area contributed by atoms with Crippen molar-refractivity contribution in [2.75, 3.05) is 6.54 Å². The Bertz CT molecular complexity index is 1070. The van der Waals surface area contributed by atoms with Crippen LogP contribution < -0.4 is 11.0 Å². The van der Waals surface area contributed by atoms with E-state index >= 15 is 0 Å². The van der Waals surface area contributed by atoms with E-state index in [1.165, 1.54) is 10.7 Å². The van der Waals surface area contributed by atoms with Crippen LogP contribution in [0.1, 0.15) is 24.2 Å². The topological polar surface area (TPSA) is 84.7 Å². The van der Waals surface area contributed by atoms with Gasteiger partial charge in [-0.05, 0) is 37.0 Å². The van der Waals surface area contributed by atoms with Crippen LogP contribution in [0, 0.1) is 5.82 Å². The fraction of sp³-hybridized carbons (Fsp3) is 0.389. The number of rotatable bonds is 5. The van der Waals surface area contributed by atoms with Crippen LogP contribution in [0.25, 0.3) is 10.9 Å². The number of halogens is 2. The first-order chi connectivity index (χ1) is 13.0. The largest absolute Gasteiger partial charge is 0.361 e. The van der Waals surface area contributed by atoms with Crippen molar-refractivity contribution in [3.05, 3.63) is 51.0 Å². The van der Waals surface area contributed by atoms with Crippen LogP contribution in [-0.2, 0) is 30.7 Å². The molecule has 1 aliphatic rings. The van der Waals surface area contributed by atoms with E-state index in [0.717, 1.165) is 36.0 Å². The summed E-state index contributed by atoms with van der Waals surface area (Å²) < 4.78 is 16.4. The lowest BCUT2D eigenvalue weighted by molar-refractivity contribution is -0.121. The second-order valence-corrected chi connectivity index (χ2v) is 7.10. The van der Waals surface area contributed by atoms with E-state index in [1.54, 1.807) is 16.8 Å². The quantitative estimate of drug-likeness (QED) is 0.697. The van der Waals surface area contributed by atoms with Gasteiger partial charge >= 0.3 is 5.69 Å². The number of fused-ring (bicyclic) bond motifs is 2. The van der Waals surface area contributed by atoms with Crippen LogP contribution in [0.5, 0.6) is 0 Å². The van der Waals surface area contributed by atoms with Crippen LogP contribution in [0.3, 0.4) is 0 Å². The van der Waals surface area contributed by atoms with E-state index < -0.39 is 5.82 Å². The van der Waals surface area contributed by atoms with Gasteiger partial charge in [-0.25, -0.2) is 13.9 Å². The SMILES string of the molecule is O=C(Cn1nc2n(c1=O)CCCC2)NCCc1c[nH]c2cc(F)c(Cl)cc12. The molecule has 0 aliphatic carbocycles. The van der Waals surface area contributed by atoms with Gasteiger partial charge in [-0.3, -0.25) is 9.36 Å². The van der Waals surface area contributed by atoms with E-state index in [0.29, 0.717) is 25.0 Å². The number of benzene rings is 1. The fourth-order valence-corrected chi connectivity index (χ4v) is 3.63. The fourth-order valence-electron chi connectivity index (χ4n) is 3.46. The van der Waals surface area contributed by atoms with Crippen molar-refractivity contribution in [2.45, 2.75) is 38.8 Å². The van der Waals surface area contributed by atoms with Gasteiger partial charge in [0.15, 0.2) is 0 Å². The molecule has 142 valence electrons. The molecule has 7 nitrogen and oxygen atoms in total. The third kappa shape index (κ3) is 3.49. The summed E-state index contributed by atoms with van der Waals surface area (Å²) in [6.07, 6.45) is 5.08. The summed E-state index contributed by atoms with van der Waals surface area (Å²) in [6, 6.07) is 2.93. The predicted octanol–water partition coefficient (Wildman–Crippen LogP) is 2.01. The number of aromatic nitrogens is 4. The average molecular weight is 392 g/mol. The van der Waals surface area contributed by atoms with Crippen LogP contribution in [0.2, 0.25) is 5.02 Å². The summed E-state index contributed by atoms with van der Waals surface area (Å²) in [6.45, 7) is 0.965. The summed E-state index contributed by atoms with van der Waals surface area (Å²) in [7, 11) is 0. The molecule has 0 radical (unpaired) electrons. The molecule has 0 spiro atoms. The third-order valence-electron chi connectivity index (χ3n) is 4.85. The highest BCUT2D eigenvalue weighted by molar-refractivity contribution is 6.31. The van der Waals surface area contributed by atoms with Gasteiger partial charge in [0.1, 0.15) is 18.2 Å². The van der Waals surface area contributed by atoms with Crippen LogP contribution in [0.15, 0.2) is 23.1 Å². The molecule has 0 bridgehead atoms. The molecule has 0 atom stereocenters. The summed E-state index contributed by atoms with van der Waals surface area (Å²) in [5.74, 6) is 0.0116. The Hall–Kier alpha value is -2.61. The van der Waals surface area contributed by atoms with Gasteiger partial charge in [0, 0.05) is 36.6 Å². The van der Waals surface area contributed by atoms with Gasteiger partial charge in [0.05, 0.1) is 5.02 Å². The lowest BCUT2D eigenvalue weighted by Gasteiger charge is -2.09. The maximum Gasteiger partial charge on any atom is 0.346 e. The molecule has 1 aliphatic heterocycles. The second kappa shape index (κ2) is 7.19. The Kier molecular flexibility index (Phi) is 4.73. The van der Waals surface area contributed by atoms with Gasteiger partial charge in [-0.15, -0.1) is 0 Å². The zero-order valence-corrected chi connectivity index (χ0v) is 15.4. The highest BCUT2D eigenvalue weighted by atomic mass is 35.5.